The zero-order valence-corrected chi connectivity index (χ0v) is 11.2. The van der Waals surface area contributed by atoms with Gasteiger partial charge in [0.05, 0.1) is 6.04 Å². The lowest BCUT2D eigenvalue weighted by atomic mass is 10.1. The Morgan fingerprint density at radius 1 is 1.42 bits per heavy atom. The van der Waals surface area contributed by atoms with E-state index in [1.54, 1.807) is 0 Å². The molecular weight excluding hydrogens is 242 g/mol. The molecule has 0 fully saturated rings. The van der Waals surface area contributed by atoms with Crippen LogP contribution < -0.4 is 11.1 Å². The number of hydrogen-bond donors (Lipinski definition) is 2. The number of carbonyl (C=O) groups excluding carboxylic acids is 1. The minimum Gasteiger partial charge on any atom is -0.354 e. The Bertz CT molecular complexity index is 563. The molecule has 0 aliphatic carbocycles. The van der Waals surface area contributed by atoms with Gasteiger partial charge in [0.2, 0.25) is 5.91 Å². The molecule has 0 aromatic carbocycles. The van der Waals surface area contributed by atoms with Crippen LogP contribution in [0.1, 0.15) is 19.7 Å². The third-order valence-electron chi connectivity index (χ3n) is 3.05. The van der Waals surface area contributed by atoms with Crippen molar-refractivity contribution >= 4 is 11.6 Å². The second kappa shape index (κ2) is 5.79. The summed E-state index contributed by atoms with van der Waals surface area (Å²) >= 11 is 0. The maximum atomic E-state index is 11.7. The van der Waals surface area contributed by atoms with Crippen molar-refractivity contribution in [3.8, 4) is 0 Å². The summed E-state index contributed by atoms with van der Waals surface area (Å²) in [6, 6.07) is 5.27. The Labute approximate surface area is 112 Å². The number of hydrogen-bond acceptors (Lipinski definition) is 4. The Morgan fingerprint density at radius 3 is 2.95 bits per heavy atom. The van der Waals surface area contributed by atoms with Gasteiger partial charge < -0.3 is 11.1 Å². The van der Waals surface area contributed by atoms with E-state index in [-0.39, 0.29) is 11.8 Å². The molecule has 0 spiro atoms. The number of nitrogens with zero attached hydrogens (tertiary/aromatic N) is 3. The van der Waals surface area contributed by atoms with Crippen LogP contribution in [0.5, 0.6) is 0 Å². The Kier molecular flexibility index (Phi) is 4.11. The van der Waals surface area contributed by atoms with Crippen LogP contribution in [0, 0.1) is 5.92 Å². The Balaban J connectivity index is 1.91. The Morgan fingerprint density at radius 2 is 2.21 bits per heavy atom. The van der Waals surface area contributed by atoms with Gasteiger partial charge in [0.1, 0.15) is 5.82 Å². The third-order valence-corrected chi connectivity index (χ3v) is 3.05. The standard InChI is InChI=1S/C13H19N5O/c1-9(2)12(14)13(19)15-7-6-11-17-16-10-5-3-4-8-18(10)11/h3-5,8-9,12H,6-7,14H2,1-2H3,(H,15,19)/t12-/m1/s1. The van der Waals surface area contributed by atoms with Gasteiger partial charge in [-0.3, -0.25) is 9.20 Å². The molecule has 2 aromatic rings. The summed E-state index contributed by atoms with van der Waals surface area (Å²) in [7, 11) is 0. The summed E-state index contributed by atoms with van der Waals surface area (Å²) in [6.07, 6.45) is 2.54. The molecule has 19 heavy (non-hydrogen) atoms. The first-order chi connectivity index (χ1) is 9.09. The van der Waals surface area contributed by atoms with Crippen LogP contribution in [0.2, 0.25) is 0 Å². The quantitative estimate of drug-likeness (QED) is 0.814. The zero-order chi connectivity index (χ0) is 13.8. The second-order valence-corrected chi connectivity index (χ2v) is 4.86. The van der Waals surface area contributed by atoms with Gasteiger partial charge in [-0.05, 0) is 18.1 Å². The van der Waals surface area contributed by atoms with Crippen LogP contribution in [0.15, 0.2) is 24.4 Å². The molecule has 0 aliphatic rings. The fourth-order valence-electron chi connectivity index (χ4n) is 1.78. The molecule has 0 unspecified atom stereocenters. The van der Waals surface area contributed by atoms with Gasteiger partial charge in [-0.2, -0.15) is 0 Å². The van der Waals surface area contributed by atoms with E-state index in [1.165, 1.54) is 0 Å². The summed E-state index contributed by atoms with van der Waals surface area (Å²) in [6.45, 7) is 4.36. The molecule has 2 heterocycles. The number of fused-ring (bicyclic) bond motifs is 1. The second-order valence-electron chi connectivity index (χ2n) is 4.86. The van der Waals surface area contributed by atoms with E-state index in [1.807, 2.05) is 42.6 Å². The number of amides is 1. The van der Waals surface area contributed by atoms with Crippen LogP contribution in [0.25, 0.3) is 5.65 Å². The topological polar surface area (TPSA) is 85.3 Å². The molecule has 6 heteroatoms. The van der Waals surface area contributed by atoms with Gasteiger partial charge in [-0.15, -0.1) is 10.2 Å². The van der Waals surface area contributed by atoms with E-state index < -0.39 is 6.04 Å². The summed E-state index contributed by atoms with van der Waals surface area (Å²) < 4.78 is 1.91. The summed E-state index contributed by atoms with van der Waals surface area (Å²) in [5.41, 5.74) is 6.57. The molecule has 1 amide bonds. The highest BCUT2D eigenvalue weighted by Crippen LogP contribution is 2.03. The number of nitrogens with one attached hydrogen (secondary N) is 1. The average Bonchev–Trinajstić information content (AvgIpc) is 2.81. The summed E-state index contributed by atoms with van der Waals surface area (Å²) in [5, 5.41) is 11.0. The van der Waals surface area contributed by atoms with Crippen molar-refractivity contribution in [2.45, 2.75) is 26.3 Å². The lowest BCUT2D eigenvalue weighted by Crippen LogP contribution is -2.44. The zero-order valence-electron chi connectivity index (χ0n) is 11.2. The van der Waals surface area contributed by atoms with Crippen molar-refractivity contribution in [2.75, 3.05) is 6.54 Å². The first kappa shape index (κ1) is 13.5. The van der Waals surface area contributed by atoms with Crippen LogP contribution in [0.4, 0.5) is 0 Å². The highest BCUT2D eigenvalue weighted by molar-refractivity contribution is 5.81. The molecule has 0 saturated carbocycles. The number of aromatic nitrogens is 3. The van der Waals surface area contributed by atoms with E-state index >= 15 is 0 Å². The summed E-state index contributed by atoms with van der Waals surface area (Å²) in [4.78, 5) is 11.7. The van der Waals surface area contributed by atoms with Crippen LogP contribution in [0.3, 0.4) is 0 Å². The third kappa shape index (κ3) is 3.08. The average molecular weight is 261 g/mol. The van der Waals surface area contributed by atoms with Crippen molar-refractivity contribution in [1.29, 1.82) is 0 Å². The molecule has 6 nitrogen and oxygen atoms in total. The largest absolute Gasteiger partial charge is 0.354 e. The van der Waals surface area contributed by atoms with Gasteiger partial charge >= 0.3 is 0 Å². The molecule has 102 valence electrons. The van der Waals surface area contributed by atoms with Gasteiger partial charge in [0.25, 0.3) is 0 Å². The first-order valence-electron chi connectivity index (χ1n) is 6.41. The minimum absolute atomic E-state index is 0.121. The monoisotopic (exact) mass is 261 g/mol. The number of rotatable bonds is 5. The van der Waals surface area contributed by atoms with Crippen molar-refractivity contribution in [1.82, 2.24) is 19.9 Å². The SMILES string of the molecule is CC(C)[C@@H](N)C(=O)NCCc1nnc2ccccn12. The molecule has 2 aromatic heterocycles. The van der Waals surface area contributed by atoms with E-state index in [0.29, 0.717) is 13.0 Å². The molecule has 2 rings (SSSR count). The highest BCUT2D eigenvalue weighted by atomic mass is 16.2. The molecular formula is C13H19N5O. The predicted octanol–water partition coefficient (Wildman–Crippen LogP) is 0.371. The predicted molar refractivity (Wildman–Crippen MR) is 72.5 cm³/mol. The van der Waals surface area contributed by atoms with Crippen molar-refractivity contribution in [2.24, 2.45) is 11.7 Å². The minimum atomic E-state index is -0.463. The number of nitrogens with two attached hydrogens (primary N) is 1. The van der Waals surface area contributed by atoms with Gasteiger partial charge in [-0.25, -0.2) is 0 Å². The molecule has 1 atom stereocenters. The Hall–Kier alpha value is -1.95. The van der Waals surface area contributed by atoms with Gasteiger partial charge in [-0.1, -0.05) is 19.9 Å². The van der Waals surface area contributed by atoms with Crippen LogP contribution in [-0.4, -0.2) is 33.1 Å². The van der Waals surface area contributed by atoms with Crippen LogP contribution in [-0.2, 0) is 11.2 Å². The highest BCUT2D eigenvalue weighted by Gasteiger charge is 2.16. The lowest BCUT2D eigenvalue weighted by Gasteiger charge is -2.14. The number of carbonyl (C=O) groups is 1. The lowest BCUT2D eigenvalue weighted by molar-refractivity contribution is -0.123. The maximum absolute atomic E-state index is 11.7. The molecule has 0 aliphatic heterocycles. The van der Waals surface area contributed by atoms with Gasteiger partial charge in [0, 0.05) is 19.2 Å². The smallest absolute Gasteiger partial charge is 0.237 e. The van der Waals surface area contributed by atoms with E-state index in [2.05, 4.69) is 15.5 Å². The molecule has 0 radical (unpaired) electrons. The van der Waals surface area contributed by atoms with Crippen molar-refractivity contribution in [3.05, 3.63) is 30.2 Å². The van der Waals surface area contributed by atoms with Crippen molar-refractivity contribution in [3.63, 3.8) is 0 Å². The van der Waals surface area contributed by atoms with E-state index in [0.717, 1.165) is 11.5 Å². The van der Waals surface area contributed by atoms with Gasteiger partial charge in [0.15, 0.2) is 5.65 Å². The number of pyridine rings is 1. The molecule has 3 N–H and O–H groups in total. The van der Waals surface area contributed by atoms with Crippen molar-refractivity contribution < 1.29 is 4.79 Å². The van der Waals surface area contributed by atoms with E-state index in [9.17, 15) is 4.79 Å². The maximum Gasteiger partial charge on any atom is 0.237 e. The summed E-state index contributed by atoms with van der Waals surface area (Å²) in [5.74, 6) is 0.840. The van der Waals surface area contributed by atoms with Crippen LogP contribution >= 0.6 is 0 Å². The fourth-order valence-corrected chi connectivity index (χ4v) is 1.78. The normalized spacial score (nSPS) is 12.8. The fraction of sp³-hybridized carbons (Fsp3) is 0.462. The molecule has 0 saturated heterocycles. The molecule has 0 bridgehead atoms. The first-order valence-corrected chi connectivity index (χ1v) is 6.41. The van der Waals surface area contributed by atoms with E-state index in [4.69, 9.17) is 5.73 Å².